The number of hydrogen-bond acceptors (Lipinski definition) is 3. The molecule has 0 saturated carbocycles. The van der Waals surface area contributed by atoms with E-state index in [4.69, 9.17) is 0 Å². The Morgan fingerprint density at radius 2 is 1.80 bits per heavy atom. The van der Waals surface area contributed by atoms with E-state index in [1.165, 1.54) is 0 Å². The molecule has 0 radical (unpaired) electrons. The van der Waals surface area contributed by atoms with Gasteiger partial charge in [-0.05, 0) is 71.6 Å². The van der Waals surface area contributed by atoms with Crippen molar-refractivity contribution in [2.45, 2.75) is 11.4 Å². The Hall–Kier alpha value is -1.12. The predicted octanol–water partition coefficient (Wildman–Crippen LogP) is 2.81. The van der Waals surface area contributed by atoms with Crippen LogP contribution in [0.4, 0.5) is 5.69 Å². The number of anilines is 1. The zero-order chi connectivity index (χ0) is 14.6. The number of halogens is 1. The third-order valence-electron chi connectivity index (χ3n) is 2.68. The van der Waals surface area contributed by atoms with Crippen LogP contribution in [0.15, 0.2) is 53.4 Å². The molecule has 4 nitrogen and oxygen atoms in total. The van der Waals surface area contributed by atoms with E-state index in [2.05, 4.69) is 32.6 Å². The summed E-state index contributed by atoms with van der Waals surface area (Å²) in [7, 11) is -1.69. The first-order valence-electron chi connectivity index (χ1n) is 6.03. The predicted molar refractivity (Wildman–Crippen MR) is 89.2 cm³/mol. The largest absolute Gasteiger partial charge is 0.316 e. The third-order valence-corrected chi connectivity index (χ3v) is 4.80. The summed E-state index contributed by atoms with van der Waals surface area (Å²) in [6, 6.07) is 14.1. The highest BCUT2D eigenvalue weighted by molar-refractivity contribution is 14.1. The number of benzene rings is 2. The molecule has 0 aromatic heterocycles. The lowest BCUT2D eigenvalue weighted by atomic mass is 10.2. The van der Waals surface area contributed by atoms with Crippen molar-refractivity contribution in [2.24, 2.45) is 0 Å². The second-order valence-corrected chi connectivity index (χ2v) is 7.22. The van der Waals surface area contributed by atoms with Gasteiger partial charge in [0.15, 0.2) is 0 Å². The van der Waals surface area contributed by atoms with E-state index in [-0.39, 0.29) is 4.90 Å². The van der Waals surface area contributed by atoms with Gasteiger partial charge in [-0.25, -0.2) is 8.42 Å². The molecule has 2 rings (SSSR count). The van der Waals surface area contributed by atoms with Crippen LogP contribution in [0.2, 0.25) is 0 Å². The first-order valence-corrected chi connectivity index (χ1v) is 8.59. The number of hydrogen-bond donors (Lipinski definition) is 2. The van der Waals surface area contributed by atoms with Crippen molar-refractivity contribution in [2.75, 3.05) is 11.8 Å². The molecule has 0 spiro atoms. The Kier molecular flexibility index (Phi) is 5.00. The van der Waals surface area contributed by atoms with E-state index in [0.29, 0.717) is 12.2 Å². The molecule has 6 heteroatoms. The first-order chi connectivity index (χ1) is 9.51. The topological polar surface area (TPSA) is 58.2 Å². The molecule has 0 amide bonds. The molecule has 2 aromatic carbocycles. The quantitative estimate of drug-likeness (QED) is 0.757. The van der Waals surface area contributed by atoms with Crippen molar-refractivity contribution < 1.29 is 8.42 Å². The highest BCUT2D eigenvalue weighted by atomic mass is 127. The van der Waals surface area contributed by atoms with Gasteiger partial charge in [-0.1, -0.05) is 12.1 Å². The molecular formula is C14H15IN2O2S. The van der Waals surface area contributed by atoms with Gasteiger partial charge in [0.2, 0.25) is 0 Å². The minimum atomic E-state index is -3.54. The Balaban J connectivity index is 2.24. The summed E-state index contributed by atoms with van der Waals surface area (Å²) in [5, 5.41) is 3.03. The fraction of sp³-hybridized carbons (Fsp3) is 0.143. The van der Waals surface area contributed by atoms with Crippen molar-refractivity contribution in [3.8, 4) is 0 Å². The molecule has 0 saturated heterocycles. The van der Waals surface area contributed by atoms with Crippen LogP contribution in [0.25, 0.3) is 0 Å². The molecule has 0 heterocycles. The molecule has 0 aliphatic rings. The summed E-state index contributed by atoms with van der Waals surface area (Å²) < 4.78 is 28.1. The lowest BCUT2D eigenvalue weighted by Gasteiger charge is -2.09. The molecule has 2 aromatic rings. The molecule has 2 N–H and O–H groups in total. The number of sulfonamides is 1. The maximum atomic E-state index is 12.3. The minimum Gasteiger partial charge on any atom is -0.316 e. The molecule has 20 heavy (non-hydrogen) atoms. The van der Waals surface area contributed by atoms with E-state index in [1.54, 1.807) is 30.3 Å². The van der Waals surface area contributed by atoms with Crippen LogP contribution in [0.5, 0.6) is 0 Å². The van der Waals surface area contributed by atoms with Crippen LogP contribution in [0, 0.1) is 3.57 Å². The van der Waals surface area contributed by atoms with Gasteiger partial charge in [0.25, 0.3) is 10.0 Å². The Morgan fingerprint density at radius 3 is 2.45 bits per heavy atom. The van der Waals surface area contributed by atoms with E-state index >= 15 is 0 Å². The average Bonchev–Trinajstić information content (AvgIpc) is 2.39. The van der Waals surface area contributed by atoms with Gasteiger partial charge in [0.1, 0.15) is 0 Å². The van der Waals surface area contributed by atoms with E-state index in [9.17, 15) is 8.42 Å². The molecule has 106 valence electrons. The van der Waals surface area contributed by atoms with Crippen LogP contribution in [0.1, 0.15) is 5.56 Å². The second kappa shape index (κ2) is 6.55. The molecule has 0 unspecified atom stereocenters. The van der Waals surface area contributed by atoms with Crippen molar-refractivity contribution in [3.05, 3.63) is 57.7 Å². The van der Waals surface area contributed by atoms with Crippen LogP contribution in [0.3, 0.4) is 0 Å². The average molecular weight is 402 g/mol. The van der Waals surface area contributed by atoms with Crippen LogP contribution in [-0.2, 0) is 16.6 Å². The van der Waals surface area contributed by atoms with Crippen molar-refractivity contribution >= 4 is 38.3 Å². The smallest absolute Gasteiger partial charge is 0.261 e. The Bertz CT molecular complexity index is 685. The van der Waals surface area contributed by atoms with Crippen molar-refractivity contribution in [1.82, 2.24) is 5.32 Å². The molecule has 0 aliphatic carbocycles. The summed E-state index contributed by atoms with van der Waals surface area (Å²) in [6.45, 7) is 0.694. The zero-order valence-corrected chi connectivity index (χ0v) is 13.9. The summed E-state index contributed by atoms with van der Waals surface area (Å²) in [5.74, 6) is 0. The molecule has 0 aliphatic heterocycles. The fourth-order valence-corrected chi connectivity index (χ4v) is 3.19. The first kappa shape index (κ1) is 15.3. The van der Waals surface area contributed by atoms with E-state index in [1.807, 2.05) is 25.2 Å². The van der Waals surface area contributed by atoms with Crippen molar-refractivity contribution in [3.63, 3.8) is 0 Å². The summed E-state index contributed by atoms with van der Waals surface area (Å²) >= 11 is 2.14. The minimum absolute atomic E-state index is 0.261. The summed E-state index contributed by atoms with van der Waals surface area (Å²) in [4.78, 5) is 0.261. The van der Waals surface area contributed by atoms with Crippen molar-refractivity contribution in [1.29, 1.82) is 0 Å². The number of rotatable bonds is 5. The highest BCUT2D eigenvalue weighted by Crippen LogP contribution is 2.18. The van der Waals surface area contributed by atoms with E-state index < -0.39 is 10.0 Å². The van der Waals surface area contributed by atoms with E-state index in [0.717, 1.165) is 9.13 Å². The maximum Gasteiger partial charge on any atom is 0.261 e. The lowest BCUT2D eigenvalue weighted by Crippen LogP contribution is -2.13. The second-order valence-electron chi connectivity index (χ2n) is 4.29. The van der Waals surface area contributed by atoms with Gasteiger partial charge < -0.3 is 5.32 Å². The fourth-order valence-electron chi connectivity index (χ4n) is 1.78. The van der Waals surface area contributed by atoms with Crippen LogP contribution in [-0.4, -0.2) is 15.5 Å². The SMILES string of the molecule is CNCc1cccc(NS(=O)(=O)c2ccc(I)cc2)c1. The zero-order valence-electron chi connectivity index (χ0n) is 10.9. The van der Waals surface area contributed by atoms with Gasteiger partial charge in [-0.15, -0.1) is 0 Å². The highest BCUT2D eigenvalue weighted by Gasteiger charge is 2.13. The Morgan fingerprint density at radius 1 is 1.10 bits per heavy atom. The van der Waals surface area contributed by atoms with Crippen LogP contribution >= 0.6 is 22.6 Å². The van der Waals surface area contributed by atoms with Gasteiger partial charge in [-0.2, -0.15) is 0 Å². The normalized spacial score (nSPS) is 11.3. The standard InChI is InChI=1S/C14H15IN2O2S/c1-16-10-11-3-2-4-13(9-11)17-20(18,19)14-7-5-12(15)6-8-14/h2-9,16-17H,10H2,1H3. The molecule has 0 bridgehead atoms. The Labute approximate surface area is 132 Å². The number of nitrogens with one attached hydrogen (secondary N) is 2. The van der Waals surface area contributed by atoms with Gasteiger partial charge in [0, 0.05) is 15.8 Å². The van der Waals surface area contributed by atoms with Gasteiger partial charge in [-0.3, -0.25) is 4.72 Å². The molecule has 0 fully saturated rings. The monoisotopic (exact) mass is 402 g/mol. The van der Waals surface area contributed by atoms with Gasteiger partial charge >= 0.3 is 0 Å². The summed E-state index contributed by atoms with van der Waals surface area (Å²) in [6.07, 6.45) is 0. The molecular weight excluding hydrogens is 387 g/mol. The molecule has 0 atom stereocenters. The van der Waals surface area contributed by atoms with Crippen LogP contribution < -0.4 is 10.0 Å². The lowest BCUT2D eigenvalue weighted by molar-refractivity contribution is 0.601. The summed E-state index contributed by atoms with van der Waals surface area (Å²) in [5.41, 5.74) is 1.59. The third kappa shape index (κ3) is 3.94. The van der Waals surface area contributed by atoms with Gasteiger partial charge in [0.05, 0.1) is 4.90 Å². The maximum absolute atomic E-state index is 12.3.